The number of aryl methyl sites for hydroxylation is 1. The van der Waals surface area contributed by atoms with Crippen molar-refractivity contribution in [2.75, 3.05) is 0 Å². The van der Waals surface area contributed by atoms with Crippen molar-refractivity contribution in [2.24, 2.45) is 0 Å². The first-order valence-corrected chi connectivity index (χ1v) is 6.79. The zero-order valence-electron chi connectivity index (χ0n) is 10.6. The summed E-state index contributed by atoms with van der Waals surface area (Å²) in [5, 5.41) is 4.90. The normalized spacial score (nSPS) is 13.3. The summed E-state index contributed by atoms with van der Waals surface area (Å²) in [5.41, 5.74) is 1.20. The second-order valence-corrected chi connectivity index (χ2v) is 5.18. The van der Waals surface area contributed by atoms with E-state index in [0.717, 1.165) is 32.1 Å². The second-order valence-electron chi connectivity index (χ2n) is 4.43. The summed E-state index contributed by atoms with van der Waals surface area (Å²) in [5.74, 6) is 0. The van der Waals surface area contributed by atoms with Crippen LogP contribution in [0, 0.1) is 0 Å². The van der Waals surface area contributed by atoms with Gasteiger partial charge in [-0.15, -0.1) is 11.6 Å². The molecular formula is C13H23ClN2. The van der Waals surface area contributed by atoms with E-state index in [1.54, 1.807) is 0 Å². The molecule has 2 nitrogen and oxygen atoms in total. The van der Waals surface area contributed by atoms with Crippen LogP contribution in [0.25, 0.3) is 0 Å². The lowest BCUT2D eigenvalue weighted by Crippen LogP contribution is -2.07. The van der Waals surface area contributed by atoms with Crippen LogP contribution in [-0.4, -0.2) is 15.2 Å². The van der Waals surface area contributed by atoms with E-state index in [4.69, 9.17) is 11.6 Å². The zero-order chi connectivity index (χ0) is 12.0. The summed E-state index contributed by atoms with van der Waals surface area (Å²) in [6.07, 6.45) is 7.65. The maximum atomic E-state index is 5.92. The van der Waals surface area contributed by atoms with Crippen LogP contribution in [0.2, 0.25) is 0 Å². The number of nitrogens with zero attached hydrogens (tertiary/aromatic N) is 2. The van der Waals surface area contributed by atoms with Crippen molar-refractivity contribution in [3.8, 4) is 0 Å². The van der Waals surface area contributed by atoms with Crippen molar-refractivity contribution < 1.29 is 0 Å². The number of aromatic nitrogens is 2. The van der Waals surface area contributed by atoms with Crippen molar-refractivity contribution in [3.63, 3.8) is 0 Å². The van der Waals surface area contributed by atoms with Gasteiger partial charge in [0.2, 0.25) is 0 Å². The third-order valence-electron chi connectivity index (χ3n) is 3.02. The fourth-order valence-corrected chi connectivity index (χ4v) is 2.10. The molecule has 3 heteroatoms. The number of hydrogen-bond donors (Lipinski definition) is 0. The molecule has 0 amide bonds. The van der Waals surface area contributed by atoms with E-state index in [2.05, 4.69) is 35.9 Å². The monoisotopic (exact) mass is 242 g/mol. The lowest BCUT2D eigenvalue weighted by atomic mass is 10.1. The van der Waals surface area contributed by atoms with E-state index in [9.17, 15) is 0 Å². The van der Waals surface area contributed by atoms with Gasteiger partial charge in [0.25, 0.3) is 0 Å². The Morgan fingerprint density at radius 3 is 2.62 bits per heavy atom. The highest BCUT2D eigenvalue weighted by Gasteiger charge is 2.07. The predicted octanol–water partition coefficient (Wildman–Crippen LogP) is 4.19. The Labute approximate surface area is 104 Å². The topological polar surface area (TPSA) is 17.8 Å². The van der Waals surface area contributed by atoms with Crippen molar-refractivity contribution >= 4 is 11.6 Å². The second kappa shape index (κ2) is 6.95. The minimum absolute atomic E-state index is 0.279. The van der Waals surface area contributed by atoms with Gasteiger partial charge in [0.15, 0.2) is 0 Å². The van der Waals surface area contributed by atoms with Gasteiger partial charge in [-0.1, -0.05) is 13.8 Å². The zero-order valence-corrected chi connectivity index (χ0v) is 11.4. The molecular weight excluding hydrogens is 220 g/mol. The molecule has 1 unspecified atom stereocenters. The molecule has 0 saturated carbocycles. The molecule has 16 heavy (non-hydrogen) atoms. The minimum atomic E-state index is 0.279. The van der Waals surface area contributed by atoms with Crippen LogP contribution >= 0.6 is 11.6 Å². The quantitative estimate of drug-likeness (QED) is 0.656. The predicted molar refractivity (Wildman–Crippen MR) is 70.1 cm³/mol. The molecule has 0 aliphatic heterocycles. The van der Waals surface area contributed by atoms with Gasteiger partial charge in [0.05, 0.1) is 11.7 Å². The van der Waals surface area contributed by atoms with E-state index < -0.39 is 0 Å². The lowest BCUT2D eigenvalue weighted by molar-refractivity contribution is 0.425. The Kier molecular flexibility index (Phi) is 5.89. The standard InChI is InChI=1S/C13H23ClN2/c1-4-13(5-2)16-10-9-12(15-16)8-6-7-11(3)14/h9-11,13H,4-8H2,1-3H3. The van der Waals surface area contributed by atoms with Gasteiger partial charge in [-0.3, -0.25) is 4.68 Å². The van der Waals surface area contributed by atoms with Crippen molar-refractivity contribution in [1.82, 2.24) is 9.78 Å². The van der Waals surface area contributed by atoms with Crippen LogP contribution in [0.15, 0.2) is 12.3 Å². The number of rotatable bonds is 7. The van der Waals surface area contributed by atoms with Crippen LogP contribution in [-0.2, 0) is 6.42 Å². The van der Waals surface area contributed by atoms with E-state index in [1.165, 1.54) is 5.69 Å². The summed E-state index contributed by atoms with van der Waals surface area (Å²) in [7, 11) is 0. The SMILES string of the molecule is CCC(CC)n1ccc(CCCC(C)Cl)n1. The molecule has 0 aromatic carbocycles. The maximum Gasteiger partial charge on any atom is 0.0624 e. The highest BCUT2D eigenvalue weighted by Crippen LogP contribution is 2.15. The summed E-state index contributed by atoms with van der Waals surface area (Å²) in [6, 6.07) is 2.69. The van der Waals surface area contributed by atoms with E-state index in [-0.39, 0.29) is 5.38 Å². The molecule has 0 N–H and O–H groups in total. The van der Waals surface area contributed by atoms with Crippen LogP contribution in [0.1, 0.15) is 58.2 Å². The molecule has 1 heterocycles. The largest absolute Gasteiger partial charge is 0.269 e. The Morgan fingerprint density at radius 2 is 2.06 bits per heavy atom. The van der Waals surface area contributed by atoms with Gasteiger partial charge < -0.3 is 0 Å². The van der Waals surface area contributed by atoms with Gasteiger partial charge in [-0.05, 0) is 45.1 Å². The van der Waals surface area contributed by atoms with Gasteiger partial charge in [0, 0.05) is 11.6 Å². The maximum absolute atomic E-state index is 5.92. The Balaban J connectivity index is 2.44. The fraction of sp³-hybridized carbons (Fsp3) is 0.769. The van der Waals surface area contributed by atoms with Crippen LogP contribution in [0.4, 0.5) is 0 Å². The number of alkyl halides is 1. The highest BCUT2D eigenvalue weighted by atomic mass is 35.5. The average molecular weight is 243 g/mol. The fourth-order valence-electron chi connectivity index (χ4n) is 1.94. The van der Waals surface area contributed by atoms with Gasteiger partial charge >= 0.3 is 0 Å². The summed E-state index contributed by atoms with van der Waals surface area (Å²) < 4.78 is 2.11. The Hall–Kier alpha value is -0.500. The van der Waals surface area contributed by atoms with Crippen LogP contribution in [0.3, 0.4) is 0 Å². The average Bonchev–Trinajstić information content (AvgIpc) is 2.68. The number of halogens is 1. The molecule has 0 fully saturated rings. The molecule has 0 spiro atoms. The van der Waals surface area contributed by atoms with E-state index >= 15 is 0 Å². The van der Waals surface area contributed by atoms with Gasteiger partial charge in [-0.25, -0.2) is 0 Å². The third-order valence-corrected chi connectivity index (χ3v) is 3.23. The molecule has 1 rings (SSSR count). The molecule has 0 aliphatic carbocycles. The first-order chi connectivity index (χ1) is 7.67. The molecule has 0 saturated heterocycles. The molecule has 0 bridgehead atoms. The molecule has 1 aromatic heterocycles. The third kappa shape index (κ3) is 4.17. The first-order valence-electron chi connectivity index (χ1n) is 6.35. The van der Waals surface area contributed by atoms with Gasteiger partial charge in [0.1, 0.15) is 0 Å². The molecule has 92 valence electrons. The molecule has 0 aliphatic rings. The smallest absolute Gasteiger partial charge is 0.0624 e. The molecule has 1 aromatic rings. The van der Waals surface area contributed by atoms with Crippen molar-refractivity contribution in [1.29, 1.82) is 0 Å². The number of hydrogen-bond acceptors (Lipinski definition) is 1. The molecule has 1 atom stereocenters. The van der Waals surface area contributed by atoms with Crippen molar-refractivity contribution in [2.45, 2.75) is 64.3 Å². The highest BCUT2D eigenvalue weighted by molar-refractivity contribution is 6.20. The summed E-state index contributed by atoms with van der Waals surface area (Å²) >= 11 is 5.92. The summed E-state index contributed by atoms with van der Waals surface area (Å²) in [4.78, 5) is 0. The van der Waals surface area contributed by atoms with E-state index in [0.29, 0.717) is 6.04 Å². The summed E-state index contributed by atoms with van der Waals surface area (Å²) in [6.45, 7) is 6.47. The Bertz CT molecular complexity index is 290. The van der Waals surface area contributed by atoms with Crippen molar-refractivity contribution in [3.05, 3.63) is 18.0 Å². The van der Waals surface area contributed by atoms with E-state index in [1.807, 2.05) is 6.92 Å². The minimum Gasteiger partial charge on any atom is -0.269 e. The van der Waals surface area contributed by atoms with Crippen LogP contribution in [0.5, 0.6) is 0 Å². The Morgan fingerprint density at radius 1 is 1.38 bits per heavy atom. The first kappa shape index (κ1) is 13.6. The van der Waals surface area contributed by atoms with Crippen LogP contribution < -0.4 is 0 Å². The van der Waals surface area contributed by atoms with Gasteiger partial charge in [-0.2, -0.15) is 5.10 Å². The molecule has 0 radical (unpaired) electrons. The lowest BCUT2D eigenvalue weighted by Gasteiger charge is -2.12.